The first kappa shape index (κ1) is 15.5. The van der Waals surface area contributed by atoms with Crippen molar-refractivity contribution in [3.63, 3.8) is 0 Å². The molecule has 1 aromatic rings. The Kier molecular flexibility index (Phi) is 6.40. The average molecular weight is 270 g/mol. The molecular formula is C12H18N2O5. The molecule has 1 aromatic carbocycles. The largest absolute Gasteiger partial charge is 0.425 e. The van der Waals surface area contributed by atoms with Crippen LogP contribution in [0.4, 0.5) is 0 Å². The Morgan fingerprint density at radius 1 is 1.47 bits per heavy atom. The first-order chi connectivity index (χ1) is 9.02. The number of ether oxygens (including phenoxy) is 1. The number of carbonyl (C=O) groups excluding carboxylic acids is 1. The van der Waals surface area contributed by atoms with E-state index in [2.05, 4.69) is 4.84 Å². The van der Waals surface area contributed by atoms with Crippen molar-refractivity contribution >= 4 is 5.97 Å². The Hall–Kier alpha value is -1.51. The van der Waals surface area contributed by atoms with Gasteiger partial charge in [-0.1, -0.05) is 25.5 Å². The van der Waals surface area contributed by atoms with Gasteiger partial charge in [-0.05, 0) is 24.1 Å². The number of esters is 1. The summed E-state index contributed by atoms with van der Waals surface area (Å²) in [6.07, 6.45) is 1.36. The van der Waals surface area contributed by atoms with Gasteiger partial charge in [0.25, 0.3) is 0 Å². The van der Waals surface area contributed by atoms with Gasteiger partial charge in [0.1, 0.15) is 11.8 Å². The van der Waals surface area contributed by atoms with Crippen LogP contribution in [0.25, 0.3) is 0 Å². The molecule has 1 atom stereocenters. The van der Waals surface area contributed by atoms with Crippen molar-refractivity contribution in [3.8, 4) is 5.75 Å². The minimum Gasteiger partial charge on any atom is -0.425 e. The third-order valence-electron chi connectivity index (χ3n) is 2.37. The topological polar surface area (TPSA) is 105 Å². The molecule has 1 unspecified atom stereocenters. The van der Waals surface area contributed by atoms with Crippen molar-refractivity contribution < 1.29 is 24.8 Å². The first-order valence-corrected chi connectivity index (χ1v) is 5.90. The fraction of sp³-hybridized carbons (Fsp3) is 0.417. The number of nitrogens with two attached hydrogens (primary N) is 1. The monoisotopic (exact) mass is 270 g/mol. The van der Waals surface area contributed by atoms with Gasteiger partial charge in [0.2, 0.25) is 0 Å². The van der Waals surface area contributed by atoms with Gasteiger partial charge >= 0.3 is 5.97 Å². The summed E-state index contributed by atoms with van der Waals surface area (Å²) in [4.78, 5) is 16.1. The van der Waals surface area contributed by atoms with E-state index >= 15 is 0 Å². The molecule has 106 valence electrons. The van der Waals surface area contributed by atoms with Gasteiger partial charge in [-0.25, -0.2) is 9.63 Å². The van der Waals surface area contributed by atoms with Crippen LogP contribution in [0.1, 0.15) is 25.3 Å². The van der Waals surface area contributed by atoms with E-state index < -0.39 is 12.0 Å². The maximum Gasteiger partial charge on any atom is 0.328 e. The van der Waals surface area contributed by atoms with Crippen LogP contribution in [0, 0.1) is 0 Å². The number of hydrogen-bond donors (Lipinski definition) is 3. The van der Waals surface area contributed by atoms with E-state index in [-0.39, 0.29) is 12.0 Å². The smallest absolute Gasteiger partial charge is 0.328 e. The van der Waals surface area contributed by atoms with Crippen LogP contribution in [-0.4, -0.2) is 27.8 Å². The third-order valence-corrected chi connectivity index (χ3v) is 2.37. The van der Waals surface area contributed by atoms with E-state index in [1.54, 1.807) is 24.3 Å². The van der Waals surface area contributed by atoms with Gasteiger partial charge in [-0.3, -0.25) is 10.4 Å². The van der Waals surface area contributed by atoms with Gasteiger partial charge in [0.15, 0.2) is 0 Å². The molecule has 0 heterocycles. The lowest BCUT2D eigenvalue weighted by atomic mass is 10.2. The molecule has 0 saturated heterocycles. The fourth-order valence-corrected chi connectivity index (χ4v) is 1.45. The number of hydrogen-bond acceptors (Lipinski definition) is 7. The molecule has 1 rings (SSSR count). The predicted octanol–water partition coefficient (Wildman–Crippen LogP) is 1.23. The van der Waals surface area contributed by atoms with Gasteiger partial charge in [-0.2, -0.15) is 0 Å². The molecule has 0 saturated carbocycles. The highest BCUT2D eigenvalue weighted by atomic mass is 17.1. The Bertz CT molecular complexity index is 411. The SMILES string of the molecule is CCCC(N)C(=O)Oc1cccc(CON(O)O)c1. The lowest BCUT2D eigenvalue weighted by Crippen LogP contribution is -2.33. The predicted molar refractivity (Wildman–Crippen MR) is 65.2 cm³/mol. The zero-order valence-corrected chi connectivity index (χ0v) is 10.7. The van der Waals surface area contributed by atoms with Crippen molar-refractivity contribution in [2.75, 3.05) is 0 Å². The molecule has 0 aliphatic heterocycles. The normalized spacial score (nSPS) is 12.5. The van der Waals surface area contributed by atoms with E-state index in [1.165, 1.54) is 0 Å². The molecule has 7 nitrogen and oxygen atoms in total. The molecule has 7 heteroatoms. The number of rotatable bonds is 7. The summed E-state index contributed by atoms with van der Waals surface area (Å²) in [6, 6.07) is 5.87. The van der Waals surface area contributed by atoms with Crippen molar-refractivity contribution in [1.82, 2.24) is 5.39 Å². The maximum atomic E-state index is 11.6. The average Bonchev–Trinajstić information content (AvgIpc) is 2.37. The lowest BCUT2D eigenvalue weighted by molar-refractivity contribution is -0.497. The maximum absolute atomic E-state index is 11.6. The van der Waals surface area contributed by atoms with Crippen molar-refractivity contribution in [3.05, 3.63) is 29.8 Å². The first-order valence-electron chi connectivity index (χ1n) is 5.90. The molecule has 4 N–H and O–H groups in total. The molecule has 0 amide bonds. The minimum absolute atomic E-state index is 0.0700. The van der Waals surface area contributed by atoms with Crippen molar-refractivity contribution in [2.45, 2.75) is 32.4 Å². The summed E-state index contributed by atoms with van der Waals surface area (Å²) in [5, 5.41) is 16.5. The van der Waals surface area contributed by atoms with Crippen LogP contribution in [0.15, 0.2) is 24.3 Å². The van der Waals surface area contributed by atoms with Gasteiger partial charge in [-0.15, -0.1) is 0 Å². The van der Waals surface area contributed by atoms with Crippen LogP contribution in [0.2, 0.25) is 0 Å². The summed E-state index contributed by atoms with van der Waals surface area (Å²) in [5.41, 5.74) is 6.25. The van der Waals surface area contributed by atoms with E-state index in [4.69, 9.17) is 20.9 Å². The summed E-state index contributed by atoms with van der Waals surface area (Å²) in [7, 11) is 0. The highest BCUT2D eigenvalue weighted by Crippen LogP contribution is 2.15. The molecule has 0 radical (unpaired) electrons. The Labute approximate surface area is 111 Å². The van der Waals surface area contributed by atoms with Gasteiger partial charge in [0, 0.05) is 0 Å². The Morgan fingerprint density at radius 2 is 2.21 bits per heavy atom. The van der Waals surface area contributed by atoms with Crippen molar-refractivity contribution in [2.24, 2.45) is 5.73 Å². The van der Waals surface area contributed by atoms with E-state index in [9.17, 15) is 4.79 Å². The molecule has 0 aliphatic rings. The summed E-state index contributed by atoms with van der Waals surface area (Å²) >= 11 is 0. The molecule has 19 heavy (non-hydrogen) atoms. The second-order valence-corrected chi connectivity index (χ2v) is 3.99. The highest BCUT2D eigenvalue weighted by Gasteiger charge is 2.14. The Balaban J connectivity index is 2.59. The van der Waals surface area contributed by atoms with Crippen LogP contribution in [0.5, 0.6) is 5.75 Å². The second-order valence-electron chi connectivity index (χ2n) is 3.99. The van der Waals surface area contributed by atoms with Crippen LogP contribution in [0.3, 0.4) is 0 Å². The number of carbonyl (C=O) groups is 1. The number of nitrogens with zero attached hydrogens (tertiary/aromatic N) is 1. The lowest BCUT2D eigenvalue weighted by Gasteiger charge is -2.11. The zero-order valence-electron chi connectivity index (χ0n) is 10.7. The molecule has 0 bridgehead atoms. The van der Waals surface area contributed by atoms with Crippen molar-refractivity contribution in [1.29, 1.82) is 0 Å². The number of benzene rings is 1. The molecule has 0 fully saturated rings. The van der Waals surface area contributed by atoms with Gasteiger partial charge < -0.3 is 10.5 Å². The van der Waals surface area contributed by atoms with Crippen LogP contribution >= 0.6 is 0 Å². The second kappa shape index (κ2) is 7.82. The van der Waals surface area contributed by atoms with Crippen LogP contribution in [-0.2, 0) is 16.2 Å². The van der Waals surface area contributed by atoms with E-state index in [0.717, 1.165) is 6.42 Å². The fourth-order valence-electron chi connectivity index (χ4n) is 1.45. The summed E-state index contributed by atoms with van der Waals surface area (Å²) < 4.78 is 5.12. The van der Waals surface area contributed by atoms with Crippen LogP contribution < -0.4 is 10.5 Å². The molecule has 0 spiro atoms. The highest BCUT2D eigenvalue weighted by molar-refractivity contribution is 5.77. The minimum atomic E-state index is -0.643. The Morgan fingerprint density at radius 3 is 2.84 bits per heavy atom. The van der Waals surface area contributed by atoms with Gasteiger partial charge in [0.05, 0.1) is 12.0 Å². The summed E-state index contributed by atoms with van der Waals surface area (Å²) in [5.74, 6) is -0.161. The van der Waals surface area contributed by atoms with E-state index in [0.29, 0.717) is 17.7 Å². The third kappa shape index (κ3) is 5.77. The zero-order chi connectivity index (χ0) is 14.3. The summed E-state index contributed by atoms with van der Waals surface area (Å²) in [6.45, 7) is 1.86. The standard InChI is InChI=1S/C12H18N2O5/c1-2-4-11(13)12(15)19-10-6-3-5-9(7-10)8-18-14(16)17/h3,5-7,11,16-17H,2,4,8,13H2,1H3. The molecule has 0 aliphatic carbocycles. The quantitative estimate of drug-likeness (QED) is 0.389. The van der Waals surface area contributed by atoms with E-state index in [1.807, 2.05) is 6.92 Å². The molecular weight excluding hydrogens is 252 g/mol. The molecule has 0 aromatic heterocycles.